The standard InChI is InChI=1S/C21H26N2O2/c1-15-5-4-6-17(11-15)13-18-14-23(10-8-20(18)25-3)21(24)19-12-16(2)7-9-22-19/h4-7,9,11-12,18,20H,8,10,13-14H2,1-3H3/t18-,20+/m0/s1. The summed E-state index contributed by atoms with van der Waals surface area (Å²) in [5, 5.41) is 0. The number of carbonyl (C=O) groups excluding carboxylic acids is 1. The van der Waals surface area contributed by atoms with Crippen LogP contribution in [0.4, 0.5) is 0 Å². The summed E-state index contributed by atoms with van der Waals surface area (Å²) in [6.45, 7) is 5.52. The Balaban J connectivity index is 1.74. The van der Waals surface area contributed by atoms with Gasteiger partial charge in [-0.2, -0.15) is 0 Å². The number of amides is 1. The van der Waals surface area contributed by atoms with Gasteiger partial charge in [0.15, 0.2) is 0 Å². The number of hydrogen-bond acceptors (Lipinski definition) is 3. The fraction of sp³-hybridized carbons (Fsp3) is 0.429. The molecule has 0 aliphatic carbocycles. The van der Waals surface area contributed by atoms with E-state index in [1.54, 1.807) is 13.3 Å². The van der Waals surface area contributed by atoms with Gasteiger partial charge in [0.05, 0.1) is 6.10 Å². The highest BCUT2D eigenvalue weighted by Gasteiger charge is 2.32. The third-order valence-electron chi connectivity index (χ3n) is 4.97. The van der Waals surface area contributed by atoms with Gasteiger partial charge in [-0.1, -0.05) is 29.8 Å². The summed E-state index contributed by atoms with van der Waals surface area (Å²) in [6.07, 6.45) is 3.68. The molecule has 0 unspecified atom stereocenters. The molecule has 3 rings (SSSR count). The fourth-order valence-electron chi connectivity index (χ4n) is 3.66. The highest BCUT2D eigenvalue weighted by atomic mass is 16.5. The van der Waals surface area contributed by atoms with Gasteiger partial charge in [-0.15, -0.1) is 0 Å². The molecule has 2 heterocycles. The number of benzene rings is 1. The molecule has 1 aromatic carbocycles. The maximum atomic E-state index is 12.8. The van der Waals surface area contributed by atoms with Gasteiger partial charge in [0, 0.05) is 32.3 Å². The first kappa shape index (κ1) is 17.6. The van der Waals surface area contributed by atoms with Gasteiger partial charge >= 0.3 is 0 Å². The van der Waals surface area contributed by atoms with Gasteiger partial charge in [0.2, 0.25) is 0 Å². The minimum absolute atomic E-state index is 0.0208. The van der Waals surface area contributed by atoms with Crippen molar-refractivity contribution in [2.24, 2.45) is 5.92 Å². The predicted octanol–water partition coefficient (Wildman–Crippen LogP) is 3.42. The summed E-state index contributed by atoms with van der Waals surface area (Å²) in [6, 6.07) is 12.3. The van der Waals surface area contributed by atoms with Crippen LogP contribution in [0, 0.1) is 19.8 Å². The monoisotopic (exact) mass is 338 g/mol. The van der Waals surface area contributed by atoms with Crippen LogP contribution in [0.2, 0.25) is 0 Å². The van der Waals surface area contributed by atoms with Crippen molar-refractivity contribution in [3.63, 3.8) is 0 Å². The Kier molecular flexibility index (Phi) is 5.49. The second kappa shape index (κ2) is 7.79. The van der Waals surface area contributed by atoms with Crippen molar-refractivity contribution in [3.05, 3.63) is 65.0 Å². The van der Waals surface area contributed by atoms with E-state index >= 15 is 0 Å². The van der Waals surface area contributed by atoms with Gasteiger partial charge in [0.25, 0.3) is 5.91 Å². The first-order chi connectivity index (χ1) is 12.1. The van der Waals surface area contributed by atoms with Crippen molar-refractivity contribution in [3.8, 4) is 0 Å². The van der Waals surface area contributed by atoms with E-state index in [9.17, 15) is 4.79 Å². The van der Waals surface area contributed by atoms with Crippen LogP contribution in [0.1, 0.15) is 33.6 Å². The molecule has 0 N–H and O–H groups in total. The quantitative estimate of drug-likeness (QED) is 0.858. The first-order valence-electron chi connectivity index (χ1n) is 8.87. The van der Waals surface area contributed by atoms with E-state index in [1.807, 2.05) is 24.0 Å². The Hall–Kier alpha value is -2.20. The number of aromatic nitrogens is 1. The fourth-order valence-corrected chi connectivity index (χ4v) is 3.66. The average Bonchev–Trinajstić information content (AvgIpc) is 2.61. The van der Waals surface area contributed by atoms with E-state index in [0.29, 0.717) is 18.2 Å². The number of rotatable bonds is 4. The van der Waals surface area contributed by atoms with Crippen molar-refractivity contribution in [2.45, 2.75) is 32.8 Å². The molecule has 1 aliphatic heterocycles. The van der Waals surface area contributed by atoms with Crippen molar-refractivity contribution in [2.75, 3.05) is 20.2 Å². The lowest BCUT2D eigenvalue weighted by molar-refractivity contribution is -0.00317. The molecule has 1 fully saturated rings. The molecule has 0 saturated carbocycles. The van der Waals surface area contributed by atoms with Crippen LogP contribution in [0.25, 0.3) is 0 Å². The normalized spacial score (nSPS) is 20.5. The van der Waals surface area contributed by atoms with Crippen LogP contribution in [-0.4, -0.2) is 42.1 Å². The Morgan fingerprint density at radius 1 is 1.24 bits per heavy atom. The molecule has 25 heavy (non-hydrogen) atoms. The number of piperidine rings is 1. The summed E-state index contributed by atoms with van der Waals surface area (Å²) in [5.74, 6) is 0.321. The zero-order chi connectivity index (χ0) is 17.8. The van der Waals surface area contributed by atoms with E-state index in [1.165, 1.54) is 11.1 Å². The van der Waals surface area contributed by atoms with Crippen LogP contribution in [0.15, 0.2) is 42.6 Å². The number of likely N-dealkylation sites (tertiary alicyclic amines) is 1. The Bertz CT molecular complexity index is 744. The predicted molar refractivity (Wildman–Crippen MR) is 98.7 cm³/mol. The molecule has 2 atom stereocenters. The van der Waals surface area contributed by atoms with E-state index < -0.39 is 0 Å². The average molecular weight is 338 g/mol. The Labute approximate surface area is 149 Å². The van der Waals surface area contributed by atoms with Crippen molar-refractivity contribution >= 4 is 5.91 Å². The lowest BCUT2D eigenvalue weighted by Crippen LogP contribution is -2.47. The van der Waals surface area contributed by atoms with Crippen LogP contribution in [-0.2, 0) is 11.2 Å². The number of nitrogens with zero attached hydrogens (tertiary/aromatic N) is 2. The number of carbonyl (C=O) groups is 1. The van der Waals surface area contributed by atoms with Gasteiger partial charge < -0.3 is 9.64 Å². The van der Waals surface area contributed by atoms with E-state index in [2.05, 4.69) is 36.2 Å². The molecular formula is C21H26N2O2. The highest BCUT2D eigenvalue weighted by Crippen LogP contribution is 2.25. The molecule has 1 aromatic heterocycles. The summed E-state index contributed by atoms with van der Waals surface area (Å²) >= 11 is 0. The summed E-state index contributed by atoms with van der Waals surface area (Å²) in [5.41, 5.74) is 4.15. The maximum absolute atomic E-state index is 12.8. The van der Waals surface area contributed by atoms with Crippen LogP contribution in [0.5, 0.6) is 0 Å². The molecule has 0 spiro atoms. The second-order valence-corrected chi connectivity index (χ2v) is 6.99. The SMILES string of the molecule is CO[C@@H]1CCN(C(=O)c2cc(C)ccn2)C[C@@H]1Cc1cccc(C)c1. The zero-order valence-corrected chi connectivity index (χ0v) is 15.2. The van der Waals surface area contributed by atoms with Gasteiger partial charge in [-0.05, 0) is 49.9 Å². The van der Waals surface area contributed by atoms with Crippen molar-refractivity contribution in [1.82, 2.24) is 9.88 Å². The van der Waals surface area contributed by atoms with Gasteiger partial charge in [0.1, 0.15) is 5.69 Å². The minimum atomic E-state index is 0.0208. The smallest absolute Gasteiger partial charge is 0.272 e. The van der Waals surface area contributed by atoms with Gasteiger partial charge in [-0.25, -0.2) is 0 Å². The minimum Gasteiger partial charge on any atom is -0.381 e. The number of aryl methyl sites for hydroxylation is 2. The zero-order valence-electron chi connectivity index (χ0n) is 15.2. The van der Waals surface area contributed by atoms with E-state index in [0.717, 1.165) is 24.9 Å². The Morgan fingerprint density at radius 3 is 2.76 bits per heavy atom. The summed E-state index contributed by atoms with van der Waals surface area (Å²) < 4.78 is 5.71. The number of methoxy groups -OCH3 is 1. The molecule has 1 aliphatic rings. The molecule has 1 saturated heterocycles. The molecule has 1 amide bonds. The molecule has 0 bridgehead atoms. The lowest BCUT2D eigenvalue weighted by atomic mass is 9.88. The van der Waals surface area contributed by atoms with Crippen LogP contribution < -0.4 is 0 Å². The number of ether oxygens (including phenoxy) is 1. The second-order valence-electron chi connectivity index (χ2n) is 6.99. The van der Waals surface area contributed by atoms with E-state index in [4.69, 9.17) is 4.74 Å². The molecule has 2 aromatic rings. The number of pyridine rings is 1. The molecule has 4 nitrogen and oxygen atoms in total. The number of hydrogen-bond donors (Lipinski definition) is 0. The summed E-state index contributed by atoms with van der Waals surface area (Å²) in [7, 11) is 1.77. The van der Waals surface area contributed by atoms with E-state index in [-0.39, 0.29) is 12.0 Å². The molecule has 4 heteroatoms. The van der Waals surface area contributed by atoms with Crippen molar-refractivity contribution in [1.29, 1.82) is 0 Å². The van der Waals surface area contributed by atoms with Crippen LogP contribution in [0.3, 0.4) is 0 Å². The summed E-state index contributed by atoms with van der Waals surface area (Å²) in [4.78, 5) is 19.0. The maximum Gasteiger partial charge on any atom is 0.272 e. The third kappa shape index (κ3) is 4.26. The highest BCUT2D eigenvalue weighted by molar-refractivity contribution is 5.92. The lowest BCUT2D eigenvalue weighted by Gasteiger charge is -2.38. The van der Waals surface area contributed by atoms with Gasteiger partial charge in [-0.3, -0.25) is 9.78 Å². The first-order valence-corrected chi connectivity index (χ1v) is 8.87. The van der Waals surface area contributed by atoms with Crippen molar-refractivity contribution < 1.29 is 9.53 Å². The molecule has 132 valence electrons. The Morgan fingerprint density at radius 2 is 2.04 bits per heavy atom. The molecule has 0 radical (unpaired) electrons. The topological polar surface area (TPSA) is 42.4 Å². The van der Waals surface area contributed by atoms with Crippen LogP contribution >= 0.6 is 0 Å². The molecular weight excluding hydrogens is 312 g/mol. The largest absolute Gasteiger partial charge is 0.381 e. The third-order valence-corrected chi connectivity index (χ3v) is 4.97.